The fourth-order valence-electron chi connectivity index (χ4n) is 7.56. The van der Waals surface area contributed by atoms with Crippen molar-refractivity contribution in [1.82, 2.24) is 0 Å². The van der Waals surface area contributed by atoms with E-state index in [1.54, 1.807) is 0 Å². The third kappa shape index (κ3) is 50.1. The summed E-state index contributed by atoms with van der Waals surface area (Å²) >= 11 is 0. The topological polar surface area (TPSA) is 78.9 Å². The maximum atomic E-state index is 12.8. The van der Waals surface area contributed by atoms with Gasteiger partial charge in [-0.15, -0.1) is 0 Å². The van der Waals surface area contributed by atoms with Gasteiger partial charge in [0, 0.05) is 19.3 Å². The van der Waals surface area contributed by atoms with Crippen molar-refractivity contribution in [3.8, 4) is 0 Å². The number of allylic oxidation sites excluding steroid dienone is 10. The molecule has 370 valence electrons. The Morgan fingerprint density at radius 1 is 0.312 bits per heavy atom. The Kier molecular flexibility index (Phi) is 50.4. The van der Waals surface area contributed by atoms with E-state index in [1.165, 1.54) is 128 Å². The molecule has 0 saturated carbocycles. The smallest absolute Gasteiger partial charge is 0.306 e. The van der Waals surface area contributed by atoms with E-state index in [1.807, 2.05) is 0 Å². The molecule has 0 aliphatic carbocycles. The predicted octanol–water partition coefficient (Wildman–Crippen LogP) is 18.0. The largest absolute Gasteiger partial charge is 0.462 e. The molecule has 0 radical (unpaired) electrons. The van der Waals surface area contributed by atoms with Crippen molar-refractivity contribution in [2.45, 2.75) is 277 Å². The summed E-state index contributed by atoms with van der Waals surface area (Å²) in [6.45, 7) is 6.57. The van der Waals surface area contributed by atoms with Crippen LogP contribution in [-0.4, -0.2) is 37.2 Å². The van der Waals surface area contributed by atoms with Crippen LogP contribution in [0.15, 0.2) is 60.8 Å². The van der Waals surface area contributed by atoms with Crippen LogP contribution in [0.1, 0.15) is 271 Å². The quantitative estimate of drug-likeness (QED) is 0.0262. The highest BCUT2D eigenvalue weighted by atomic mass is 16.6. The maximum Gasteiger partial charge on any atom is 0.306 e. The van der Waals surface area contributed by atoms with Gasteiger partial charge in [0.1, 0.15) is 13.2 Å². The molecule has 0 saturated heterocycles. The lowest BCUT2D eigenvalue weighted by molar-refractivity contribution is -0.167. The van der Waals surface area contributed by atoms with E-state index in [2.05, 4.69) is 81.5 Å². The molecule has 0 fully saturated rings. The number of hydrogen-bond donors (Lipinski definition) is 0. The molecule has 0 spiro atoms. The first-order chi connectivity index (χ1) is 31.5. The van der Waals surface area contributed by atoms with Crippen LogP contribution in [0.4, 0.5) is 0 Å². The molecule has 1 unspecified atom stereocenters. The van der Waals surface area contributed by atoms with Crippen molar-refractivity contribution >= 4 is 17.9 Å². The van der Waals surface area contributed by atoms with Crippen LogP contribution >= 0.6 is 0 Å². The molecule has 0 N–H and O–H groups in total. The Balaban J connectivity index is 4.40. The van der Waals surface area contributed by atoms with Crippen LogP contribution in [0, 0.1) is 0 Å². The first-order valence-corrected chi connectivity index (χ1v) is 27.3. The zero-order valence-electron chi connectivity index (χ0n) is 42.3. The highest BCUT2D eigenvalue weighted by Crippen LogP contribution is 2.14. The van der Waals surface area contributed by atoms with Gasteiger partial charge < -0.3 is 14.2 Å². The van der Waals surface area contributed by atoms with E-state index in [0.717, 1.165) is 103 Å². The minimum absolute atomic E-state index is 0.0863. The summed E-state index contributed by atoms with van der Waals surface area (Å²) in [5.41, 5.74) is 0. The van der Waals surface area contributed by atoms with Crippen molar-refractivity contribution in [2.24, 2.45) is 0 Å². The van der Waals surface area contributed by atoms with Crippen molar-refractivity contribution < 1.29 is 28.6 Å². The summed E-state index contributed by atoms with van der Waals surface area (Å²) in [6, 6.07) is 0. The summed E-state index contributed by atoms with van der Waals surface area (Å²) in [7, 11) is 0. The van der Waals surface area contributed by atoms with E-state index < -0.39 is 6.10 Å². The van der Waals surface area contributed by atoms with E-state index in [4.69, 9.17) is 14.2 Å². The number of carbonyl (C=O) groups is 3. The standard InChI is InChI=1S/C58H102O6/c1-4-7-10-13-16-19-22-25-27-28-29-31-33-36-39-42-45-48-51-57(60)63-54-55(53-62-56(59)50-47-44-41-38-35-32-24-21-18-15-12-9-6-3)64-58(61)52-49-46-43-40-37-34-30-26-23-20-17-14-11-8-5-2/h17,19-22,24,26-28,30,55H,4-16,18,23,25,29,31-54H2,1-3H3/b20-17-,22-19-,24-21-,28-27-,30-26-. The number of ether oxygens (including phenoxy) is 3. The van der Waals surface area contributed by atoms with Crippen LogP contribution < -0.4 is 0 Å². The number of carbonyl (C=O) groups excluding carboxylic acids is 3. The van der Waals surface area contributed by atoms with Crippen LogP contribution in [0.5, 0.6) is 0 Å². The van der Waals surface area contributed by atoms with Gasteiger partial charge in [0.15, 0.2) is 6.10 Å². The lowest BCUT2D eigenvalue weighted by Crippen LogP contribution is -2.30. The summed E-state index contributed by atoms with van der Waals surface area (Å²) in [4.78, 5) is 38.0. The third-order valence-electron chi connectivity index (χ3n) is 11.7. The van der Waals surface area contributed by atoms with Gasteiger partial charge in [-0.2, -0.15) is 0 Å². The molecular formula is C58H102O6. The molecule has 0 aliphatic heterocycles. The summed E-state index contributed by atoms with van der Waals surface area (Å²) in [6.07, 6.45) is 64.8. The van der Waals surface area contributed by atoms with Gasteiger partial charge in [0.25, 0.3) is 0 Å². The highest BCUT2D eigenvalue weighted by molar-refractivity contribution is 5.71. The Bertz CT molecular complexity index is 1170. The van der Waals surface area contributed by atoms with Gasteiger partial charge in [-0.1, -0.05) is 204 Å². The first-order valence-electron chi connectivity index (χ1n) is 27.3. The zero-order chi connectivity index (χ0) is 46.5. The van der Waals surface area contributed by atoms with Crippen LogP contribution in [0.3, 0.4) is 0 Å². The summed E-state index contributed by atoms with van der Waals surface area (Å²) < 4.78 is 16.8. The molecule has 0 bridgehead atoms. The van der Waals surface area contributed by atoms with Crippen molar-refractivity contribution in [1.29, 1.82) is 0 Å². The molecule has 64 heavy (non-hydrogen) atoms. The Labute approximate surface area is 396 Å². The van der Waals surface area contributed by atoms with E-state index in [0.29, 0.717) is 19.3 Å². The van der Waals surface area contributed by atoms with Crippen LogP contribution in [-0.2, 0) is 28.6 Å². The summed E-state index contributed by atoms with van der Waals surface area (Å²) in [5, 5.41) is 0. The highest BCUT2D eigenvalue weighted by Gasteiger charge is 2.19. The molecule has 6 heteroatoms. The fraction of sp³-hybridized carbons (Fsp3) is 0.776. The monoisotopic (exact) mass is 895 g/mol. The van der Waals surface area contributed by atoms with Crippen molar-refractivity contribution in [3.63, 3.8) is 0 Å². The van der Waals surface area contributed by atoms with E-state index in [9.17, 15) is 14.4 Å². The molecule has 0 heterocycles. The number of hydrogen-bond acceptors (Lipinski definition) is 6. The molecule has 0 aliphatic rings. The van der Waals surface area contributed by atoms with E-state index >= 15 is 0 Å². The molecule has 1 atom stereocenters. The lowest BCUT2D eigenvalue weighted by Gasteiger charge is -2.18. The van der Waals surface area contributed by atoms with Gasteiger partial charge >= 0.3 is 17.9 Å². The minimum Gasteiger partial charge on any atom is -0.462 e. The lowest BCUT2D eigenvalue weighted by atomic mass is 10.1. The fourth-order valence-corrected chi connectivity index (χ4v) is 7.56. The van der Waals surface area contributed by atoms with Crippen molar-refractivity contribution in [2.75, 3.05) is 13.2 Å². The van der Waals surface area contributed by atoms with Gasteiger partial charge in [0.2, 0.25) is 0 Å². The molecule has 0 aromatic heterocycles. The summed E-state index contributed by atoms with van der Waals surface area (Å²) in [5.74, 6) is -0.910. The molecule has 0 amide bonds. The second-order valence-corrected chi connectivity index (χ2v) is 18.1. The molecule has 0 aromatic carbocycles. The number of unbranched alkanes of at least 4 members (excludes halogenated alkanes) is 28. The number of rotatable bonds is 49. The average molecular weight is 895 g/mol. The third-order valence-corrected chi connectivity index (χ3v) is 11.7. The molecule has 6 nitrogen and oxygen atoms in total. The van der Waals surface area contributed by atoms with Gasteiger partial charge in [-0.05, 0) is 109 Å². The van der Waals surface area contributed by atoms with Gasteiger partial charge in [0.05, 0.1) is 0 Å². The molecular weight excluding hydrogens is 793 g/mol. The van der Waals surface area contributed by atoms with Gasteiger partial charge in [-0.25, -0.2) is 0 Å². The normalized spacial score (nSPS) is 12.5. The van der Waals surface area contributed by atoms with Crippen LogP contribution in [0.25, 0.3) is 0 Å². The predicted molar refractivity (Wildman–Crippen MR) is 275 cm³/mol. The Morgan fingerprint density at radius 3 is 0.906 bits per heavy atom. The minimum atomic E-state index is -0.787. The second-order valence-electron chi connectivity index (χ2n) is 18.1. The molecule has 0 aromatic rings. The first kappa shape index (κ1) is 61.1. The Hall–Kier alpha value is -2.89. The second kappa shape index (κ2) is 52.7. The maximum absolute atomic E-state index is 12.8. The average Bonchev–Trinajstić information content (AvgIpc) is 3.29. The van der Waals surface area contributed by atoms with Crippen LogP contribution in [0.2, 0.25) is 0 Å². The SMILES string of the molecule is CCCCC/C=C\C/C=C\CCCCCCCC(=O)OC(COC(=O)CCCCCCC/C=C\CCCCCC)COC(=O)CCCCCCCCC/C=C\C/C=C\CCCCCC. The Morgan fingerprint density at radius 2 is 0.562 bits per heavy atom. The van der Waals surface area contributed by atoms with Gasteiger partial charge in [-0.3, -0.25) is 14.4 Å². The van der Waals surface area contributed by atoms with Crippen molar-refractivity contribution in [3.05, 3.63) is 60.8 Å². The number of esters is 3. The van der Waals surface area contributed by atoms with E-state index in [-0.39, 0.29) is 31.1 Å². The molecule has 0 rings (SSSR count). The zero-order valence-corrected chi connectivity index (χ0v) is 42.3.